The van der Waals surface area contributed by atoms with Crippen molar-refractivity contribution in [2.75, 3.05) is 13.2 Å². The molecule has 0 aliphatic carbocycles. The molecule has 97 valence electrons. The van der Waals surface area contributed by atoms with Gasteiger partial charge >= 0.3 is 0 Å². The third-order valence-electron chi connectivity index (χ3n) is 3.94. The van der Waals surface area contributed by atoms with E-state index in [2.05, 4.69) is 34.6 Å². The number of rotatable bonds is 10. The Morgan fingerprint density at radius 3 is 2.06 bits per heavy atom. The summed E-state index contributed by atoms with van der Waals surface area (Å²) in [6.45, 7) is 13.2. The standard InChI is InChI=1S/C15H31O/c1-6-11-14(12-10-13-16-9-4)15(5,7-2)8-3/h6-13H2,1-5H3. The molecule has 0 aromatic heterocycles. The van der Waals surface area contributed by atoms with E-state index in [1.54, 1.807) is 5.92 Å². The molecule has 0 unspecified atom stereocenters. The average Bonchev–Trinajstić information content (AvgIpc) is 2.32. The first-order chi connectivity index (χ1) is 7.64. The predicted octanol–water partition coefficient (Wildman–Crippen LogP) is 5.00. The smallest absolute Gasteiger partial charge is 0.0466 e. The highest BCUT2D eigenvalue weighted by atomic mass is 16.5. The Morgan fingerprint density at radius 2 is 1.62 bits per heavy atom. The van der Waals surface area contributed by atoms with Crippen LogP contribution in [0.2, 0.25) is 0 Å². The molecule has 0 saturated heterocycles. The second kappa shape index (κ2) is 9.04. The molecular formula is C15H31O. The number of hydrogen-bond donors (Lipinski definition) is 0. The van der Waals surface area contributed by atoms with Crippen molar-refractivity contribution in [1.82, 2.24) is 0 Å². The van der Waals surface area contributed by atoms with Crippen LogP contribution in [0.25, 0.3) is 0 Å². The Kier molecular flexibility index (Phi) is 9.02. The normalized spacial score (nSPS) is 12.4. The maximum absolute atomic E-state index is 5.43. The molecule has 16 heavy (non-hydrogen) atoms. The van der Waals surface area contributed by atoms with Gasteiger partial charge in [-0.25, -0.2) is 0 Å². The lowest BCUT2D eigenvalue weighted by Gasteiger charge is -2.36. The van der Waals surface area contributed by atoms with E-state index in [1.165, 1.54) is 38.5 Å². The van der Waals surface area contributed by atoms with Gasteiger partial charge in [0.15, 0.2) is 0 Å². The minimum absolute atomic E-state index is 0.461. The molecule has 0 aliphatic heterocycles. The van der Waals surface area contributed by atoms with E-state index in [9.17, 15) is 0 Å². The Balaban J connectivity index is 4.13. The summed E-state index contributed by atoms with van der Waals surface area (Å²) in [7, 11) is 0. The Labute approximate surface area is 103 Å². The van der Waals surface area contributed by atoms with Gasteiger partial charge in [-0.2, -0.15) is 0 Å². The molecule has 0 rings (SSSR count). The van der Waals surface area contributed by atoms with Crippen LogP contribution in [0.4, 0.5) is 0 Å². The van der Waals surface area contributed by atoms with Crippen molar-refractivity contribution in [3.8, 4) is 0 Å². The SMILES string of the molecule is CCC[C](CCCOCC)C(C)(CC)CC. The lowest BCUT2D eigenvalue weighted by atomic mass is 9.69. The van der Waals surface area contributed by atoms with Crippen molar-refractivity contribution in [2.45, 2.75) is 73.1 Å². The maximum atomic E-state index is 5.43. The largest absolute Gasteiger partial charge is 0.382 e. The summed E-state index contributed by atoms with van der Waals surface area (Å²) in [6, 6.07) is 0. The molecule has 0 bridgehead atoms. The highest BCUT2D eigenvalue weighted by molar-refractivity contribution is 5.03. The van der Waals surface area contributed by atoms with Crippen molar-refractivity contribution in [1.29, 1.82) is 0 Å². The molecular weight excluding hydrogens is 196 g/mol. The summed E-state index contributed by atoms with van der Waals surface area (Å²) in [4.78, 5) is 0. The van der Waals surface area contributed by atoms with Gasteiger partial charge in [-0.1, -0.05) is 47.0 Å². The van der Waals surface area contributed by atoms with Crippen LogP contribution in [0.15, 0.2) is 0 Å². The second-order valence-electron chi connectivity index (χ2n) is 4.92. The van der Waals surface area contributed by atoms with Gasteiger partial charge in [0, 0.05) is 13.2 Å². The molecule has 0 fully saturated rings. The highest BCUT2D eigenvalue weighted by Gasteiger charge is 2.29. The van der Waals surface area contributed by atoms with Crippen LogP contribution in [0.1, 0.15) is 73.1 Å². The Hall–Kier alpha value is -0.0400. The van der Waals surface area contributed by atoms with E-state index in [0.29, 0.717) is 5.41 Å². The molecule has 0 amide bonds. The zero-order valence-electron chi connectivity index (χ0n) is 12.1. The van der Waals surface area contributed by atoms with Gasteiger partial charge in [-0.3, -0.25) is 0 Å². The third kappa shape index (κ3) is 5.34. The fraction of sp³-hybridized carbons (Fsp3) is 0.933. The minimum Gasteiger partial charge on any atom is -0.382 e. The van der Waals surface area contributed by atoms with Gasteiger partial charge in [0.1, 0.15) is 0 Å². The first kappa shape index (κ1) is 16.0. The van der Waals surface area contributed by atoms with Crippen LogP contribution in [-0.2, 0) is 4.74 Å². The number of ether oxygens (including phenoxy) is 1. The highest BCUT2D eigenvalue weighted by Crippen LogP contribution is 2.41. The minimum atomic E-state index is 0.461. The quantitative estimate of drug-likeness (QED) is 0.477. The molecule has 0 heterocycles. The van der Waals surface area contributed by atoms with E-state index < -0.39 is 0 Å². The summed E-state index contributed by atoms with van der Waals surface area (Å²) < 4.78 is 5.43. The Bertz CT molecular complexity index is 150. The summed E-state index contributed by atoms with van der Waals surface area (Å²) in [6.07, 6.45) is 7.57. The van der Waals surface area contributed by atoms with Crippen LogP contribution in [0.5, 0.6) is 0 Å². The topological polar surface area (TPSA) is 9.23 Å². The number of hydrogen-bond acceptors (Lipinski definition) is 1. The van der Waals surface area contributed by atoms with Gasteiger partial charge in [0.05, 0.1) is 0 Å². The molecule has 0 aromatic rings. The summed E-state index contributed by atoms with van der Waals surface area (Å²) in [5.74, 6) is 1.76. The van der Waals surface area contributed by atoms with Gasteiger partial charge < -0.3 is 4.74 Å². The molecule has 1 nitrogen and oxygen atoms in total. The van der Waals surface area contributed by atoms with E-state index in [0.717, 1.165) is 13.2 Å². The monoisotopic (exact) mass is 227 g/mol. The molecule has 1 heteroatoms. The molecule has 0 aliphatic rings. The first-order valence-corrected chi connectivity index (χ1v) is 7.07. The maximum Gasteiger partial charge on any atom is 0.0466 e. The molecule has 0 spiro atoms. The summed E-state index contributed by atoms with van der Waals surface area (Å²) >= 11 is 0. The van der Waals surface area contributed by atoms with Crippen LogP contribution in [0.3, 0.4) is 0 Å². The average molecular weight is 227 g/mol. The molecule has 0 aromatic carbocycles. The van der Waals surface area contributed by atoms with Crippen LogP contribution >= 0.6 is 0 Å². The van der Waals surface area contributed by atoms with Crippen molar-refractivity contribution in [2.24, 2.45) is 5.41 Å². The lowest BCUT2D eigenvalue weighted by Crippen LogP contribution is -2.24. The van der Waals surface area contributed by atoms with Gasteiger partial charge in [-0.15, -0.1) is 0 Å². The summed E-state index contributed by atoms with van der Waals surface area (Å²) in [5, 5.41) is 0. The summed E-state index contributed by atoms with van der Waals surface area (Å²) in [5.41, 5.74) is 0.461. The van der Waals surface area contributed by atoms with Crippen molar-refractivity contribution in [3.05, 3.63) is 5.92 Å². The van der Waals surface area contributed by atoms with Crippen LogP contribution in [-0.4, -0.2) is 13.2 Å². The second-order valence-corrected chi connectivity index (χ2v) is 4.92. The van der Waals surface area contributed by atoms with Crippen molar-refractivity contribution < 1.29 is 4.74 Å². The fourth-order valence-electron chi connectivity index (χ4n) is 2.31. The van der Waals surface area contributed by atoms with E-state index in [4.69, 9.17) is 4.74 Å². The van der Waals surface area contributed by atoms with E-state index >= 15 is 0 Å². The third-order valence-corrected chi connectivity index (χ3v) is 3.94. The van der Waals surface area contributed by atoms with Crippen molar-refractivity contribution in [3.63, 3.8) is 0 Å². The van der Waals surface area contributed by atoms with Gasteiger partial charge in [0.25, 0.3) is 0 Å². The molecule has 0 atom stereocenters. The predicted molar refractivity (Wildman–Crippen MR) is 72.6 cm³/mol. The molecule has 0 N–H and O–H groups in total. The first-order valence-electron chi connectivity index (χ1n) is 7.07. The van der Waals surface area contributed by atoms with Crippen LogP contribution < -0.4 is 0 Å². The molecule has 0 saturated carbocycles. The fourth-order valence-corrected chi connectivity index (χ4v) is 2.31. The van der Waals surface area contributed by atoms with E-state index in [1.807, 2.05) is 0 Å². The zero-order valence-corrected chi connectivity index (χ0v) is 12.1. The van der Waals surface area contributed by atoms with E-state index in [-0.39, 0.29) is 0 Å². The van der Waals surface area contributed by atoms with Crippen molar-refractivity contribution >= 4 is 0 Å². The Morgan fingerprint density at radius 1 is 1.00 bits per heavy atom. The van der Waals surface area contributed by atoms with Gasteiger partial charge in [-0.05, 0) is 37.5 Å². The van der Waals surface area contributed by atoms with Crippen LogP contribution in [0, 0.1) is 11.3 Å². The zero-order chi connectivity index (χ0) is 12.4. The molecule has 1 radical (unpaired) electrons. The lowest BCUT2D eigenvalue weighted by molar-refractivity contribution is 0.140. The van der Waals surface area contributed by atoms with Gasteiger partial charge in [0.2, 0.25) is 0 Å².